The predicted octanol–water partition coefficient (Wildman–Crippen LogP) is 3.85. The number of benzene rings is 2. The first kappa shape index (κ1) is 18.2. The number of para-hydroxylation sites is 1. The quantitative estimate of drug-likeness (QED) is 0.696. The SMILES string of the molecule is CS(=O)Cc1c(C(=O)Nc2cccc3c2OCCC3O)sc2ccccc12. The Morgan fingerprint density at radius 3 is 2.93 bits per heavy atom. The normalized spacial score (nSPS) is 17.2. The van der Waals surface area contributed by atoms with Crippen LogP contribution in [0, 0.1) is 0 Å². The summed E-state index contributed by atoms with van der Waals surface area (Å²) >= 11 is 1.39. The molecule has 5 nitrogen and oxygen atoms in total. The lowest BCUT2D eigenvalue weighted by Crippen LogP contribution is -2.18. The van der Waals surface area contributed by atoms with Crippen molar-refractivity contribution in [1.29, 1.82) is 0 Å². The van der Waals surface area contributed by atoms with Crippen LogP contribution in [0.4, 0.5) is 5.69 Å². The highest BCUT2D eigenvalue weighted by Gasteiger charge is 2.24. The molecule has 2 heterocycles. The summed E-state index contributed by atoms with van der Waals surface area (Å²) in [5.41, 5.74) is 2.03. The standard InChI is InChI=1S/C20H19NO4S2/c1-27(24)11-14-12-5-2-3-8-17(12)26-19(14)20(23)21-15-7-4-6-13-16(22)9-10-25-18(13)15/h2-8,16,22H,9-11H2,1H3,(H,21,23). The molecule has 0 fully saturated rings. The van der Waals surface area contributed by atoms with Crippen LogP contribution in [0.2, 0.25) is 0 Å². The average molecular weight is 402 g/mol. The van der Waals surface area contributed by atoms with E-state index in [0.29, 0.717) is 40.7 Å². The van der Waals surface area contributed by atoms with Crippen molar-refractivity contribution in [2.24, 2.45) is 0 Å². The van der Waals surface area contributed by atoms with Gasteiger partial charge in [0.05, 0.1) is 29.0 Å². The first-order valence-corrected chi connectivity index (χ1v) is 11.1. The highest BCUT2D eigenvalue weighted by Crippen LogP contribution is 2.39. The Kier molecular flexibility index (Phi) is 4.99. The molecule has 3 aromatic rings. The van der Waals surface area contributed by atoms with Crippen LogP contribution in [0.1, 0.15) is 33.3 Å². The third kappa shape index (κ3) is 3.50. The van der Waals surface area contributed by atoms with Crippen molar-refractivity contribution in [3.63, 3.8) is 0 Å². The molecule has 0 bridgehead atoms. The molecule has 2 atom stereocenters. The number of fused-ring (bicyclic) bond motifs is 2. The third-order valence-electron chi connectivity index (χ3n) is 4.54. The minimum absolute atomic E-state index is 0.256. The molecule has 4 rings (SSSR count). The van der Waals surface area contributed by atoms with E-state index in [-0.39, 0.29) is 5.91 Å². The van der Waals surface area contributed by atoms with Gasteiger partial charge in [-0.1, -0.05) is 30.3 Å². The second kappa shape index (κ2) is 7.42. The summed E-state index contributed by atoms with van der Waals surface area (Å²) in [5.74, 6) is 0.592. The Balaban J connectivity index is 1.72. The van der Waals surface area contributed by atoms with Gasteiger partial charge in [-0.05, 0) is 23.1 Å². The second-order valence-electron chi connectivity index (χ2n) is 6.45. The summed E-state index contributed by atoms with van der Waals surface area (Å²) in [7, 11) is -1.06. The second-order valence-corrected chi connectivity index (χ2v) is 8.94. The van der Waals surface area contributed by atoms with E-state index in [1.54, 1.807) is 24.5 Å². The Labute approximate surface area is 163 Å². The largest absolute Gasteiger partial charge is 0.491 e. The van der Waals surface area contributed by atoms with Gasteiger partial charge in [0, 0.05) is 33.7 Å². The number of anilines is 1. The number of nitrogens with one attached hydrogen (secondary N) is 1. The van der Waals surface area contributed by atoms with E-state index in [1.807, 2.05) is 24.3 Å². The fraction of sp³-hybridized carbons (Fsp3) is 0.250. The molecule has 140 valence electrons. The lowest BCUT2D eigenvalue weighted by Gasteiger charge is -2.24. The molecule has 2 aromatic carbocycles. The van der Waals surface area contributed by atoms with Crippen molar-refractivity contribution in [2.75, 3.05) is 18.2 Å². The van der Waals surface area contributed by atoms with Gasteiger partial charge in [-0.3, -0.25) is 9.00 Å². The zero-order valence-corrected chi connectivity index (χ0v) is 16.4. The number of hydrogen-bond donors (Lipinski definition) is 2. The van der Waals surface area contributed by atoms with Crippen molar-refractivity contribution in [3.8, 4) is 5.75 Å². The fourth-order valence-corrected chi connectivity index (χ4v) is 5.23. The van der Waals surface area contributed by atoms with E-state index in [2.05, 4.69) is 5.32 Å². The third-order valence-corrected chi connectivity index (χ3v) is 6.45. The molecule has 0 saturated heterocycles. The van der Waals surface area contributed by atoms with E-state index >= 15 is 0 Å². The minimum atomic E-state index is -1.06. The number of hydrogen-bond acceptors (Lipinski definition) is 5. The smallest absolute Gasteiger partial charge is 0.266 e. The van der Waals surface area contributed by atoms with Crippen LogP contribution in [0.25, 0.3) is 10.1 Å². The molecule has 2 N–H and O–H groups in total. The molecule has 0 saturated carbocycles. The molecular formula is C20H19NO4S2. The van der Waals surface area contributed by atoms with E-state index in [4.69, 9.17) is 4.74 Å². The molecule has 0 radical (unpaired) electrons. The summed E-state index contributed by atoms with van der Waals surface area (Å²) < 4.78 is 18.5. The van der Waals surface area contributed by atoms with Gasteiger partial charge in [-0.2, -0.15) is 0 Å². The van der Waals surface area contributed by atoms with E-state index in [1.165, 1.54) is 11.3 Å². The number of aliphatic hydroxyl groups is 1. The number of rotatable bonds is 4. The molecule has 1 aliphatic heterocycles. The molecule has 0 aliphatic carbocycles. The van der Waals surface area contributed by atoms with Crippen molar-refractivity contribution in [3.05, 3.63) is 58.5 Å². The van der Waals surface area contributed by atoms with Crippen molar-refractivity contribution < 1.29 is 18.8 Å². The van der Waals surface area contributed by atoms with Crippen LogP contribution in [0.5, 0.6) is 5.75 Å². The zero-order chi connectivity index (χ0) is 19.0. The maximum atomic E-state index is 13.0. The highest BCUT2D eigenvalue weighted by atomic mass is 32.2. The fourth-order valence-electron chi connectivity index (χ4n) is 3.31. The number of carbonyl (C=O) groups is 1. The van der Waals surface area contributed by atoms with Crippen LogP contribution in [0.15, 0.2) is 42.5 Å². The van der Waals surface area contributed by atoms with Gasteiger partial charge in [0.1, 0.15) is 5.75 Å². The van der Waals surface area contributed by atoms with Crippen LogP contribution in [-0.4, -0.2) is 28.1 Å². The number of amides is 1. The lowest BCUT2D eigenvalue weighted by molar-refractivity contribution is 0.102. The molecule has 0 spiro atoms. The topological polar surface area (TPSA) is 75.6 Å². The first-order chi connectivity index (χ1) is 13.0. The maximum Gasteiger partial charge on any atom is 0.266 e. The summed E-state index contributed by atoms with van der Waals surface area (Å²) in [6.07, 6.45) is 1.58. The van der Waals surface area contributed by atoms with Crippen molar-refractivity contribution in [1.82, 2.24) is 0 Å². The predicted molar refractivity (Wildman–Crippen MR) is 109 cm³/mol. The Bertz CT molecular complexity index is 1040. The summed E-state index contributed by atoms with van der Waals surface area (Å²) in [5, 5.41) is 14.0. The number of thiophene rings is 1. The monoisotopic (exact) mass is 401 g/mol. The first-order valence-electron chi connectivity index (χ1n) is 8.60. The minimum Gasteiger partial charge on any atom is -0.491 e. The number of ether oxygens (including phenoxy) is 1. The highest BCUT2D eigenvalue weighted by molar-refractivity contribution is 7.83. The lowest BCUT2D eigenvalue weighted by atomic mass is 10.0. The number of aliphatic hydroxyl groups excluding tert-OH is 1. The van der Waals surface area contributed by atoms with E-state index in [9.17, 15) is 14.1 Å². The Hall–Kier alpha value is -2.22. The summed E-state index contributed by atoms with van der Waals surface area (Å²) in [6.45, 7) is 0.407. The Morgan fingerprint density at radius 2 is 2.11 bits per heavy atom. The van der Waals surface area contributed by atoms with Crippen LogP contribution >= 0.6 is 11.3 Å². The summed E-state index contributed by atoms with van der Waals surface area (Å²) in [4.78, 5) is 13.6. The average Bonchev–Trinajstić information content (AvgIpc) is 3.01. The van der Waals surface area contributed by atoms with Gasteiger partial charge >= 0.3 is 0 Å². The maximum absolute atomic E-state index is 13.0. The molecule has 1 aromatic heterocycles. The van der Waals surface area contributed by atoms with E-state index in [0.717, 1.165) is 15.6 Å². The zero-order valence-electron chi connectivity index (χ0n) is 14.7. The van der Waals surface area contributed by atoms with Gasteiger partial charge < -0.3 is 15.2 Å². The van der Waals surface area contributed by atoms with Crippen molar-refractivity contribution >= 4 is 43.8 Å². The molecule has 1 aliphatic rings. The molecule has 7 heteroatoms. The Morgan fingerprint density at radius 1 is 1.30 bits per heavy atom. The molecule has 1 amide bonds. The van der Waals surface area contributed by atoms with Gasteiger partial charge in [-0.25, -0.2) is 0 Å². The van der Waals surface area contributed by atoms with Gasteiger partial charge in [0.2, 0.25) is 0 Å². The number of carbonyl (C=O) groups excluding carboxylic acids is 1. The molecule has 27 heavy (non-hydrogen) atoms. The van der Waals surface area contributed by atoms with Crippen molar-refractivity contribution in [2.45, 2.75) is 18.3 Å². The van der Waals surface area contributed by atoms with Gasteiger partial charge in [-0.15, -0.1) is 11.3 Å². The van der Waals surface area contributed by atoms with Gasteiger partial charge in [0.25, 0.3) is 5.91 Å². The molecular weight excluding hydrogens is 382 g/mol. The van der Waals surface area contributed by atoms with E-state index < -0.39 is 16.9 Å². The van der Waals surface area contributed by atoms with Crippen LogP contribution < -0.4 is 10.1 Å². The molecule has 2 unspecified atom stereocenters. The van der Waals surface area contributed by atoms with Crippen LogP contribution in [-0.2, 0) is 16.6 Å². The van der Waals surface area contributed by atoms with Gasteiger partial charge in [0.15, 0.2) is 0 Å². The van der Waals surface area contributed by atoms with Crippen LogP contribution in [0.3, 0.4) is 0 Å². The summed E-state index contributed by atoms with van der Waals surface area (Å²) in [6, 6.07) is 13.1.